The van der Waals surface area contributed by atoms with Gasteiger partial charge >= 0.3 is 0 Å². The number of carbonyl (C=O) groups excluding carboxylic acids is 1. The van der Waals surface area contributed by atoms with Crippen LogP contribution in [0.3, 0.4) is 0 Å². The van der Waals surface area contributed by atoms with E-state index in [0.717, 1.165) is 5.56 Å². The van der Waals surface area contributed by atoms with Gasteiger partial charge in [-0.3, -0.25) is 4.79 Å². The largest absolute Gasteiger partial charge is 0.347 e. The van der Waals surface area contributed by atoms with Gasteiger partial charge in [-0.25, -0.2) is 15.0 Å². The summed E-state index contributed by atoms with van der Waals surface area (Å²) in [5.41, 5.74) is 1.06. The molecule has 1 aromatic carbocycles. The minimum Gasteiger partial charge on any atom is -0.347 e. The van der Waals surface area contributed by atoms with Crippen LogP contribution < -0.4 is 5.32 Å². The first-order valence-electron chi connectivity index (χ1n) is 7.51. The molecule has 1 atom stereocenters. The molecule has 0 saturated heterocycles. The summed E-state index contributed by atoms with van der Waals surface area (Å²) in [7, 11) is 0. The summed E-state index contributed by atoms with van der Waals surface area (Å²) < 4.78 is 1.95. The fourth-order valence-electron chi connectivity index (χ4n) is 2.25. The molecule has 0 saturated carbocycles. The van der Waals surface area contributed by atoms with Crippen LogP contribution in [0.4, 0.5) is 0 Å². The Morgan fingerprint density at radius 2 is 1.92 bits per heavy atom. The Kier molecular flexibility index (Phi) is 5.57. The van der Waals surface area contributed by atoms with Crippen LogP contribution in [0, 0.1) is 0 Å². The highest BCUT2D eigenvalue weighted by atomic mass is 32.2. The monoisotopic (exact) mass is 339 g/mol. The Balaban J connectivity index is 1.63. The zero-order valence-electron chi connectivity index (χ0n) is 12.9. The summed E-state index contributed by atoms with van der Waals surface area (Å²) in [5, 5.41) is 3.67. The lowest BCUT2D eigenvalue weighted by molar-refractivity contribution is -0.119. The number of aromatic nitrogens is 4. The zero-order valence-corrected chi connectivity index (χ0v) is 13.8. The molecule has 7 heteroatoms. The number of benzene rings is 1. The van der Waals surface area contributed by atoms with Crippen molar-refractivity contribution in [3.63, 3.8) is 0 Å². The Morgan fingerprint density at radius 1 is 1.12 bits per heavy atom. The number of hydrogen-bond donors (Lipinski definition) is 1. The van der Waals surface area contributed by atoms with E-state index in [1.165, 1.54) is 11.8 Å². The Morgan fingerprint density at radius 3 is 2.62 bits per heavy atom. The number of nitrogens with zero attached hydrogens (tertiary/aromatic N) is 4. The number of rotatable bonds is 7. The van der Waals surface area contributed by atoms with Crippen molar-refractivity contribution < 1.29 is 4.79 Å². The smallest absolute Gasteiger partial charge is 0.231 e. The third-order valence-corrected chi connectivity index (χ3v) is 4.24. The van der Waals surface area contributed by atoms with Crippen LogP contribution in [0.25, 0.3) is 0 Å². The molecule has 2 heterocycles. The predicted molar refractivity (Wildman–Crippen MR) is 92.3 cm³/mol. The number of amides is 1. The molecule has 0 aliphatic carbocycles. The van der Waals surface area contributed by atoms with Crippen molar-refractivity contribution in [1.29, 1.82) is 0 Å². The van der Waals surface area contributed by atoms with Crippen LogP contribution in [0.1, 0.15) is 11.6 Å². The van der Waals surface area contributed by atoms with Crippen molar-refractivity contribution in [2.24, 2.45) is 0 Å². The lowest BCUT2D eigenvalue weighted by Gasteiger charge is -2.19. The highest BCUT2D eigenvalue weighted by molar-refractivity contribution is 7.99. The summed E-state index contributed by atoms with van der Waals surface area (Å²) >= 11 is 1.32. The number of nitrogens with one attached hydrogen (secondary N) is 1. The van der Waals surface area contributed by atoms with Crippen LogP contribution in [0.15, 0.2) is 72.7 Å². The maximum absolute atomic E-state index is 12.3. The van der Waals surface area contributed by atoms with E-state index < -0.39 is 0 Å². The van der Waals surface area contributed by atoms with Gasteiger partial charge in [0.2, 0.25) is 5.91 Å². The van der Waals surface area contributed by atoms with Gasteiger partial charge in [-0.1, -0.05) is 42.1 Å². The molecule has 24 heavy (non-hydrogen) atoms. The standard InChI is InChI=1S/C17H17N5OS/c23-16(12-24-17-19-7-4-8-20-17)21-15(11-22-10-9-18-13-22)14-5-2-1-3-6-14/h1-10,13,15H,11-12H2,(H,21,23). The average molecular weight is 339 g/mol. The van der Waals surface area contributed by atoms with E-state index in [4.69, 9.17) is 0 Å². The van der Waals surface area contributed by atoms with E-state index in [9.17, 15) is 4.79 Å². The van der Waals surface area contributed by atoms with Crippen LogP contribution in [-0.4, -0.2) is 31.2 Å². The number of thioether (sulfide) groups is 1. The maximum Gasteiger partial charge on any atom is 0.231 e. The van der Waals surface area contributed by atoms with Crippen molar-refractivity contribution >= 4 is 17.7 Å². The molecule has 0 fully saturated rings. The molecule has 0 spiro atoms. The van der Waals surface area contributed by atoms with Gasteiger partial charge in [0.25, 0.3) is 0 Å². The first-order chi connectivity index (χ1) is 11.8. The first kappa shape index (κ1) is 16.2. The molecule has 1 N–H and O–H groups in total. The van der Waals surface area contributed by atoms with Crippen LogP contribution in [-0.2, 0) is 11.3 Å². The van der Waals surface area contributed by atoms with E-state index in [1.54, 1.807) is 31.0 Å². The fourth-order valence-corrected chi connectivity index (χ4v) is 2.87. The van der Waals surface area contributed by atoms with E-state index in [-0.39, 0.29) is 17.7 Å². The highest BCUT2D eigenvalue weighted by Gasteiger charge is 2.15. The average Bonchev–Trinajstić information content (AvgIpc) is 3.14. The quantitative estimate of drug-likeness (QED) is 0.528. The van der Waals surface area contributed by atoms with Crippen molar-refractivity contribution in [3.05, 3.63) is 73.1 Å². The molecule has 0 bridgehead atoms. The molecule has 0 aliphatic rings. The zero-order chi connectivity index (χ0) is 16.6. The number of imidazole rings is 1. The molecule has 1 amide bonds. The lowest BCUT2D eigenvalue weighted by atomic mass is 10.1. The molecule has 122 valence electrons. The van der Waals surface area contributed by atoms with Crippen LogP contribution >= 0.6 is 11.8 Å². The molecule has 6 nitrogen and oxygen atoms in total. The normalized spacial score (nSPS) is 11.8. The van der Waals surface area contributed by atoms with Gasteiger partial charge in [-0.05, 0) is 11.6 Å². The fraction of sp³-hybridized carbons (Fsp3) is 0.176. The Bertz CT molecular complexity index is 749. The van der Waals surface area contributed by atoms with Crippen LogP contribution in [0.5, 0.6) is 0 Å². The third-order valence-electron chi connectivity index (χ3n) is 3.36. The van der Waals surface area contributed by atoms with E-state index in [2.05, 4.69) is 20.3 Å². The van der Waals surface area contributed by atoms with Crippen molar-refractivity contribution in [2.75, 3.05) is 5.75 Å². The minimum atomic E-state index is -0.120. The van der Waals surface area contributed by atoms with Gasteiger partial charge < -0.3 is 9.88 Å². The SMILES string of the molecule is O=C(CSc1ncccn1)NC(Cn1ccnc1)c1ccccc1. The van der Waals surface area contributed by atoms with E-state index in [0.29, 0.717) is 11.7 Å². The van der Waals surface area contributed by atoms with E-state index in [1.807, 2.05) is 41.1 Å². The second-order valence-corrected chi connectivity index (χ2v) is 6.05. The number of hydrogen-bond acceptors (Lipinski definition) is 5. The molecule has 0 radical (unpaired) electrons. The Hall–Kier alpha value is -2.67. The van der Waals surface area contributed by atoms with Crippen molar-refractivity contribution in [3.8, 4) is 0 Å². The molecular formula is C17H17N5OS. The van der Waals surface area contributed by atoms with Gasteiger partial charge in [-0.2, -0.15) is 0 Å². The minimum absolute atomic E-state index is 0.0542. The van der Waals surface area contributed by atoms with Crippen LogP contribution in [0.2, 0.25) is 0 Å². The lowest BCUT2D eigenvalue weighted by Crippen LogP contribution is -2.32. The predicted octanol–water partition coefficient (Wildman–Crippen LogP) is 2.32. The van der Waals surface area contributed by atoms with Gasteiger partial charge in [0, 0.05) is 31.3 Å². The molecule has 2 aromatic heterocycles. The second-order valence-electron chi connectivity index (χ2n) is 5.11. The summed E-state index contributed by atoms with van der Waals surface area (Å²) in [6.07, 6.45) is 8.69. The topological polar surface area (TPSA) is 72.7 Å². The van der Waals surface area contributed by atoms with Gasteiger partial charge in [-0.15, -0.1) is 0 Å². The summed E-state index contributed by atoms with van der Waals surface area (Å²) in [5.74, 6) is 0.221. The maximum atomic E-state index is 12.3. The summed E-state index contributed by atoms with van der Waals surface area (Å²) in [6.45, 7) is 0.627. The molecule has 0 aliphatic heterocycles. The molecule has 1 unspecified atom stereocenters. The van der Waals surface area contributed by atoms with Crippen molar-refractivity contribution in [2.45, 2.75) is 17.7 Å². The molecule has 3 rings (SSSR count). The van der Waals surface area contributed by atoms with Gasteiger partial charge in [0.05, 0.1) is 18.1 Å². The Labute approximate surface area is 144 Å². The third kappa shape index (κ3) is 4.66. The first-order valence-corrected chi connectivity index (χ1v) is 8.49. The van der Waals surface area contributed by atoms with E-state index >= 15 is 0 Å². The number of carbonyl (C=O) groups is 1. The molecular weight excluding hydrogens is 322 g/mol. The second kappa shape index (κ2) is 8.26. The van der Waals surface area contributed by atoms with Gasteiger partial charge in [0.15, 0.2) is 5.16 Å². The molecule has 3 aromatic rings. The summed E-state index contributed by atoms with van der Waals surface area (Å²) in [4.78, 5) is 24.6. The van der Waals surface area contributed by atoms with Gasteiger partial charge in [0.1, 0.15) is 0 Å². The highest BCUT2D eigenvalue weighted by Crippen LogP contribution is 2.16. The summed E-state index contributed by atoms with van der Waals surface area (Å²) in [6, 6.07) is 11.5. The van der Waals surface area contributed by atoms with Crippen molar-refractivity contribution in [1.82, 2.24) is 24.8 Å².